The monoisotopic (exact) mass is 281 g/mol. The summed E-state index contributed by atoms with van der Waals surface area (Å²) in [6, 6.07) is 3.05. The van der Waals surface area contributed by atoms with E-state index in [1.54, 1.807) is 25.0 Å². The topological polar surface area (TPSA) is 39.1 Å². The lowest BCUT2D eigenvalue weighted by atomic mass is 10.0. The zero-order valence-corrected chi connectivity index (χ0v) is 11.7. The molecule has 4 nitrogen and oxygen atoms in total. The third-order valence-electron chi connectivity index (χ3n) is 3.14. The van der Waals surface area contributed by atoms with Crippen LogP contribution in [0.2, 0.25) is 0 Å². The minimum atomic E-state index is -0.609. The van der Waals surface area contributed by atoms with E-state index < -0.39 is 17.7 Å². The van der Waals surface area contributed by atoms with Crippen molar-refractivity contribution >= 4 is 0 Å². The molecule has 6 heteroatoms. The first kappa shape index (κ1) is 14.5. The lowest BCUT2D eigenvalue weighted by Gasteiger charge is -2.19. The average molecular weight is 281 g/mol. The van der Waals surface area contributed by atoms with Crippen molar-refractivity contribution in [3.63, 3.8) is 0 Å². The first-order chi connectivity index (χ1) is 9.60. The van der Waals surface area contributed by atoms with Crippen molar-refractivity contribution in [2.24, 2.45) is 0 Å². The Bertz CT molecular complexity index is 556. The van der Waals surface area contributed by atoms with Crippen molar-refractivity contribution in [1.29, 1.82) is 0 Å². The summed E-state index contributed by atoms with van der Waals surface area (Å²) in [5.74, 6) is -0.639. The molecule has 20 heavy (non-hydrogen) atoms. The lowest BCUT2D eigenvalue weighted by Crippen LogP contribution is -2.22. The lowest BCUT2D eigenvalue weighted by molar-refractivity contribution is 0.401. The molecule has 0 aliphatic heterocycles. The average Bonchev–Trinajstić information content (AvgIpc) is 2.81. The van der Waals surface area contributed by atoms with E-state index in [1.165, 1.54) is 12.1 Å². The van der Waals surface area contributed by atoms with Gasteiger partial charge in [-0.15, -0.1) is 0 Å². The molecule has 0 aliphatic rings. The first-order valence-corrected chi connectivity index (χ1v) is 6.33. The first-order valence-electron chi connectivity index (χ1n) is 6.33. The van der Waals surface area contributed by atoms with Gasteiger partial charge in [0.25, 0.3) is 0 Å². The number of nitrogens with zero attached hydrogens (tertiary/aromatic N) is 2. The van der Waals surface area contributed by atoms with Crippen LogP contribution in [-0.4, -0.2) is 23.9 Å². The van der Waals surface area contributed by atoms with Gasteiger partial charge in [0, 0.05) is 12.6 Å². The maximum Gasteiger partial charge on any atom is 0.161 e. The van der Waals surface area contributed by atoms with Crippen LogP contribution >= 0.6 is 0 Å². The number of hydrogen-bond donors (Lipinski definition) is 1. The molecule has 0 aliphatic carbocycles. The molecule has 1 aromatic carbocycles. The molecule has 0 radical (unpaired) electrons. The molecule has 0 spiro atoms. The van der Waals surface area contributed by atoms with Gasteiger partial charge in [-0.25, -0.2) is 8.78 Å². The fourth-order valence-electron chi connectivity index (χ4n) is 2.28. The fraction of sp³-hybridized carbons (Fsp3) is 0.357. The van der Waals surface area contributed by atoms with Crippen LogP contribution in [0.5, 0.6) is 5.75 Å². The highest BCUT2D eigenvalue weighted by atomic mass is 19.1. The van der Waals surface area contributed by atoms with Crippen LogP contribution < -0.4 is 10.1 Å². The molecule has 1 aromatic heterocycles. The van der Waals surface area contributed by atoms with Gasteiger partial charge in [-0.05, 0) is 31.7 Å². The number of rotatable bonds is 5. The smallest absolute Gasteiger partial charge is 0.161 e. The van der Waals surface area contributed by atoms with Crippen molar-refractivity contribution in [1.82, 2.24) is 15.1 Å². The zero-order chi connectivity index (χ0) is 14.7. The van der Waals surface area contributed by atoms with Crippen molar-refractivity contribution in [3.05, 3.63) is 47.3 Å². The van der Waals surface area contributed by atoms with Crippen LogP contribution in [0, 0.1) is 11.6 Å². The molecular formula is C14H17F2N3O. The molecule has 0 saturated carbocycles. The van der Waals surface area contributed by atoms with Crippen LogP contribution in [0.4, 0.5) is 8.78 Å². The molecular weight excluding hydrogens is 264 g/mol. The summed E-state index contributed by atoms with van der Waals surface area (Å²) >= 11 is 0. The third kappa shape index (κ3) is 2.65. The van der Waals surface area contributed by atoms with Crippen molar-refractivity contribution < 1.29 is 13.5 Å². The highest BCUT2D eigenvalue weighted by Gasteiger charge is 2.22. The Balaban J connectivity index is 2.54. The molecule has 0 amide bonds. The molecule has 0 bridgehead atoms. The summed E-state index contributed by atoms with van der Waals surface area (Å²) in [5, 5.41) is 7.26. The van der Waals surface area contributed by atoms with Crippen LogP contribution in [0.15, 0.2) is 24.4 Å². The summed E-state index contributed by atoms with van der Waals surface area (Å²) in [4.78, 5) is 0. The van der Waals surface area contributed by atoms with Gasteiger partial charge >= 0.3 is 0 Å². The van der Waals surface area contributed by atoms with Crippen molar-refractivity contribution in [3.8, 4) is 5.75 Å². The van der Waals surface area contributed by atoms with Gasteiger partial charge in [0.1, 0.15) is 17.3 Å². The summed E-state index contributed by atoms with van der Waals surface area (Å²) in [5.41, 5.74) is 1.22. The quantitative estimate of drug-likeness (QED) is 0.915. The third-order valence-corrected chi connectivity index (χ3v) is 3.14. The van der Waals surface area contributed by atoms with E-state index in [-0.39, 0.29) is 0 Å². The molecule has 1 unspecified atom stereocenters. The Hall–Kier alpha value is -1.95. The number of hydrogen-bond acceptors (Lipinski definition) is 3. The van der Waals surface area contributed by atoms with Gasteiger partial charge in [-0.2, -0.15) is 5.10 Å². The minimum Gasteiger partial charge on any atom is -0.493 e. The number of ether oxygens (including phenoxy) is 1. The number of nitrogens with one attached hydrogen (secondary N) is 1. The zero-order valence-electron chi connectivity index (χ0n) is 11.7. The van der Waals surface area contributed by atoms with E-state index in [9.17, 15) is 8.78 Å². The highest BCUT2D eigenvalue weighted by Crippen LogP contribution is 2.30. The van der Waals surface area contributed by atoms with E-state index in [1.807, 2.05) is 6.92 Å². The van der Waals surface area contributed by atoms with Crippen LogP contribution in [-0.2, 0) is 6.54 Å². The second kappa shape index (κ2) is 6.00. The SMILES string of the molecule is CCn1ncc(OC)c1C(NC)c1cc(F)cc(F)c1. The number of methoxy groups -OCH3 is 1. The Morgan fingerprint density at radius 3 is 2.45 bits per heavy atom. The van der Waals surface area contributed by atoms with E-state index in [0.29, 0.717) is 17.9 Å². The second-order valence-electron chi connectivity index (χ2n) is 4.34. The Morgan fingerprint density at radius 1 is 1.30 bits per heavy atom. The Labute approximate surface area is 116 Å². The summed E-state index contributed by atoms with van der Waals surface area (Å²) in [6.07, 6.45) is 1.60. The van der Waals surface area contributed by atoms with Crippen LogP contribution in [0.1, 0.15) is 24.2 Å². The molecule has 108 valence electrons. The largest absolute Gasteiger partial charge is 0.493 e. The van der Waals surface area contributed by atoms with Gasteiger partial charge < -0.3 is 10.1 Å². The number of benzene rings is 1. The minimum absolute atomic E-state index is 0.405. The maximum atomic E-state index is 13.4. The summed E-state index contributed by atoms with van der Waals surface area (Å²) in [6.45, 7) is 2.57. The van der Waals surface area contributed by atoms with Crippen LogP contribution in [0.25, 0.3) is 0 Å². The Morgan fingerprint density at radius 2 is 1.95 bits per heavy atom. The van der Waals surface area contributed by atoms with Crippen LogP contribution in [0.3, 0.4) is 0 Å². The van der Waals surface area contributed by atoms with Gasteiger partial charge in [-0.3, -0.25) is 4.68 Å². The Kier molecular flexibility index (Phi) is 4.34. The second-order valence-corrected chi connectivity index (χ2v) is 4.34. The summed E-state index contributed by atoms with van der Waals surface area (Å²) < 4.78 is 33.8. The maximum absolute atomic E-state index is 13.4. The molecule has 1 N–H and O–H groups in total. The molecule has 1 atom stereocenters. The molecule has 2 rings (SSSR count). The van der Waals surface area contributed by atoms with Gasteiger partial charge in [-0.1, -0.05) is 0 Å². The molecule has 0 fully saturated rings. The normalized spacial score (nSPS) is 12.4. The van der Waals surface area contributed by atoms with E-state index >= 15 is 0 Å². The van der Waals surface area contributed by atoms with E-state index in [2.05, 4.69) is 10.4 Å². The molecule has 2 aromatic rings. The summed E-state index contributed by atoms with van der Waals surface area (Å²) in [7, 11) is 3.26. The number of aromatic nitrogens is 2. The fourth-order valence-corrected chi connectivity index (χ4v) is 2.28. The van der Waals surface area contributed by atoms with Gasteiger partial charge in [0.05, 0.1) is 19.3 Å². The predicted octanol–water partition coefficient (Wildman–Crippen LogP) is 2.50. The van der Waals surface area contributed by atoms with Crippen molar-refractivity contribution in [2.75, 3.05) is 14.2 Å². The highest BCUT2D eigenvalue weighted by molar-refractivity contribution is 5.36. The van der Waals surface area contributed by atoms with Gasteiger partial charge in [0.2, 0.25) is 0 Å². The predicted molar refractivity (Wildman–Crippen MR) is 71.7 cm³/mol. The standard InChI is InChI=1S/C14H17F2N3O/c1-4-19-14(12(20-3)8-18-19)13(17-2)9-5-10(15)7-11(16)6-9/h5-8,13,17H,4H2,1-3H3. The van der Waals surface area contributed by atoms with Gasteiger partial charge in [0.15, 0.2) is 5.75 Å². The number of aryl methyl sites for hydroxylation is 1. The molecule has 0 saturated heterocycles. The van der Waals surface area contributed by atoms with Crippen molar-refractivity contribution in [2.45, 2.75) is 19.5 Å². The van der Waals surface area contributed by atoms with E-state index in [4.69, 9.17) is 4.74 Å². The molecule has 1 heterocycles. The van der Waals surface area contributed by atoms with E-state index in [0.717, 1.165) is 11.8 Å². The number of halogens is 2.